The van der Waals surface area contributed by atoms with Gasteiger partial charge < -0.3 is 0 Å². The third-order valence-electron chi connectivity index (χ3n) is 5.22. The van der Waals surface area contributed by atoms with Crippen LogP contribution in [0.15, 0.2) is 82.1 Å². The molecule has 5 rings (SSSR count). The van der Waals surface area contributed by atoms with Gasteiger partial charge in [-0.2, -0.15) is 12.8 Å². The molecular formula is C24H17FN2O2S. The fourth-order valence-corrected chi connectivity index (χ4v) is 5.02. The summed E-state index contributed by atoms with van der Waals surface area (Å²) in [6.45, 7) is 2.01. The Morgan fingerprint density at radius 1 is 0.933 bits per heavy atom. The fourth-order valence-electron chi connectivity index (χ4n) is 3.79. The molecule has 4 nitrogen and oxygen atoms in total. The lowest BCUT2D eigenvalue weighted by molar-refractivity contribution is 0.599. The molecule has 0 spiro atoms. The molecule has 0 radical (unpaired) electrons. The number of nitrogens with zero attached hydrogens (tertiary/aromatic N) is 2. The van der Waals surface area contributed by atoms with Crippen LogP contribution in [0, 0.1) is 12.7 Å². The summed E-state index contributed by atoms with van der Waals surface area (Å²) < 4.78 is 42.4. The average Bonchev–Trinajstić information content (AvgIpc) is 3.00. The van der Waals surface area contributed by atoms with Crippen molar-refractivity contribution < 1.29 is 12.8 Å². The average molecular weight is 416 g/mol. The molecule has 30 heavy (non-hydrogen) atoms. The molecule has 0 unspecified atom stereocenters. The normalized spacial score (nSPS) is 14.5. The van der Waals surface area contributed by atoms with Crippen LogP contribution >= 0.6 is 0 Å². The summed E-state index contributed by atoms with van der Waals surface area (Å²) in [4.78, 5) is 5.01. The van der Waals surface area contributed by atoms with E-state index in [-0.39, 0.29) is 10.7 Å². The van der Waals surface area contributed by atoms with Crippen molar-refractivity contribution in [1.82, 2.24) is 4.98 Å². The van der Waals surface area contributed by atoms with Gasteiger partial charge in [0.15, 0.2) is 0 Å². The van der Waals surface area contributed by atoms with Crippen LogP contribution < -0.4 is 0 Å². The number of pyridine rings is 1. The lowest BCUT2D eigenvalue weighted by Crippen LogP contribution is -2.07. The van der Waals surface area contributed by atoms with Gasteiger partial charge in [-0.05, 0) is 42.1 Å². The van der Waals surface area contributed by atoms with Crippen LogP contribution in [0.5, 0.6) is 0 Å². The molecule has 3 aromatic carbocycles. The van der Waals surface area contributed by atoms with Gasteiger partial charge in [-0.15, -0.1) is 0 Å². The number of benzene rings is 3. The molecule has 2 heterocycles. The van der Waals surface area contributed by atoms with Gasteiger partial charge in [-0.3, -0.25) is 4.98 Å². The van der Waals surface area contributed by atoms with E-state index in [1.165, 1.54) is 12.1 Å². The van der Waals surface area contributed by atoms with E-state index in [0.717, 1.165) is 27.6 Å². The summed E-state index contributed by atoms with van der Waals surface area (Å²) in [5, 5.41) is 1.94. The van der Waals surface area contributed by atoms with Crippen molar-refractivity contribution in [3.63, 3.8) is 0 Å². The van der Waals surface area contributed by atoms with Gasteiger partial charge >= 0.3 is 0 Å². The maximum Gasteiger partial charge on any atom is 0.283 e. The van der Waals surface area contributed by atoms with E-state index >= 15 is 0 Å². The summed E-state index contributed by atoms with van der Waals surface area (Å²) in [5.41, 5.74) is 4.23. The molecule has 0 aliphatic carbocycles. The van der Waals surface area contributed by atoms with Gasteiger partial charge in [-0.1, -0.05) is 54.1 Å². The first-order valence-electron chi connectivity index (χ1n) is 9.50. The lowest BCUT2D eigenvalue weighted by Gasteiger charge is -2.11. The first kappa shape index (κ1) is 18.6. The number of rotatable bonds is 3. The maximum atomic E-state index is 13.3. The molecule has 1 aliphatic heterocycles. The highest BCUT2D eigenvalue weighted by Crippen LogP contribution is 2.30. The summed E-state index contributed by atoms with van der Waals surface area (Å²) in [6, 6.07) is 21.1. The zero-order valence-electron chi connectivity index (χ0n) is 16.1. The predicted octanol–water partition coefficient (Wildman–Crippen LogP) is 4.81. The van der Waals surface area contributed by atoms with E-state index < -0.39 is 10.0 Å². The third kappa shape index (κ3) is 3.19. The first-order valence-corrected chi connectivity index (χ1v) is 10.9. The van der Waals surface area contributed by atoms with Gasteiger partial charge in [0.1, 0.15) is 11.5 Å². The Kier molecular flexibility index (Phi) is 4.25. The first-order chi connectivity index (χ1) is 14.4. The van der Waals surface area contributed by atoms with Gasteiger partial charge in [-0.25, -0.2) is 4.39 Å². The van der Waals surface area contributed by atoms with Crippen molar-refractivity contribution in [1.29, 1.82) is 0 Å². The molecule has 6 heteroatoms. The SMILES string of the molecule is Cc1ccc2c(Cc3ccc(F)cc3)nc(C3=NS(=O)(=O)c4ccccc43)cc2c1. The van der Waals surface area contributed by atoms with Crippen molar-refractivity contribution in [3.05, 3.63) is 107 Å². The highest BCUT2D eigenvalue weighted by molar-refractivity contribution is 7.90. The monoisotopic (exact) mass is 416 g/mol. The van der Waals surface area contributed by atoms with Crippen LogP contribution in [-0.4, -0.2) is 19.1 Å². The minimum absolute atomic E-state index is 0.200. The lowest BCUT2D eigenvalue weighted by atomic mass is 9.99. The molecular weight excluding hydrogens is 399 g/mol. The molecule has 148 valence electrons. The van der Waals surface area contributed by atoms with Crippen LogP contribution in [0.2, 0.25) is 0 Å². The van der Waals surface area contributed by atoms with Gasteiger partial charge in [0, 0.05) is 17.4 Å². The fraction of sp³-hybridized carbons (Fsp3) is 0.0833. The summed E-state index contributed by atoms with van der Waals surface area (Å²) in [7, 11) is -3.73. The molecule has 0 saturated heterocycles. The summed E-state index contributed by atoms with van der Waals surface area (Å²) in [6.07, 6.45) is 0.495. The topological polar surface area (TPSA) is 59.4 Å². The van der Waals surface area contributed by atoms with Crippen molar-refractivity contribution in [2.24, 2.45) is 4.40 Å². The summed E-state index contributed by atoms with van der Waals surface area (Å²) >= 11 is 0. The Balaban J connectivity index is 1.71. The molecule has 1 aliphatic rings. The van der Waals surface area contributed by atoms with E-state index in [2.05, 4.69) is 4.40 Å². The molecule has 0 amide bonds. The number of halogens is 1. The number of hydrogen-bond acceptors (Lipinski definition) is 3. The Bertz CT molecular complexity index is 1440. The smallest absolute Gasteiger partial charge is 0.250 e. The van der Waals surface area contributed by atoms with Gasteiger partial charge in [0.05, 0.1) is 16.3 Å². The molecule has 1 aromatic heterocycles. The highest BCUT2D eigenvalue weighted by atomic mass is 32.2. The van der Waals surface area contributed by atoms with Crippen LogP contribution in [0.4, 0.5) is 4.39 Å². The van der Waals surface area contributed by atoms with Crippen LogP contribution in [0.1, 0.15) is 28.1 Å². The predicted molar refractivity (Wildman–Crippen MR) is 115 cm³/mol. The standard InChI is InChI=1S/C24H17FN2O2S/c1-15-6-11-19-17(12-15)14-22(26-21(19)13-16-7-9-18(25)10-8-16)24-20-4-2-3-5-23(20)30(28,29)27-24/h2-12,14H,13H2,1H3. The number of fused-ring (bicyclic) bond motifs is 2. The second-order valence-corrected chi connectivity index (χ2v) is 8.97. The van der Waals surface area contributed by atoms with Crippen molar-refractivity contribution in [2.45, 2.75) is 18.2 Å². The van der Waals surface area contributed by atoms with Gasteiger partial charge in [0.2, 0.25) is 0 Å². The van der Waals surface area contributed by atoms with E-state index in [9.17, 15) is 12.8 Å². The van der Waals surface area contributed by atoms with Crippen LogP contribution in [0.3, 0.4) is 0 Å². The highest BCUT2D eigenvalue weighted by Gasteiger charge is 2.30. The number of sulfonamides is 1. The Labute approximate surface area is 173 Å². The second kappa shape index (κ2) is 6.85. The van der Waals surface area contributed by atoms with E-state index in [0.29, 0.717) is 23.4 Å². The molecule has 4 aromatic rings. The largest absolute Gasteiger partial charge is 0.283 e. The zero-order chi connectivity index (χ0) is 20.9. The van der Waals surface area contributed by atoms with E-state index in [4.69, 9.17) is 4.98 Å². The van der Waals surface area contributed by atoms with Crippen molar-refractivity contribution >= 4 is 26.5 Å². The van der Waals surface area contributed by atoms with Crippen molar-refractivity contribution in [3.8, 4) is 0 Å². The molecule has 0 saturated carbocycles. The second-order valence-electron chi connectivity index (χ2n) is 7.39. The number of hydrogen-bond donors (Lipinski definition) is 0. The maximum absolute atomic E-state index is 13.3. The summed E-state index contributed by atoms with van der Waals surface area (Å²) in [5.74, 6) is -0.289. The van der Waals surface area contributed by atoms with Crippen molar-refractivity contribution in [2.75, 3.05) is 0 Å². The zero-order valence-corrected chi connectivity index (χ0v) is 16.9. The molecule has 0 N–H and O–H groups in total. The third-order valence-corrected chi connectivity index (χ3v) is 6.56. The minimum Gasteiger partial charge on any atom is -0.250 e. The molecule has 0 bridgehead atoms. The quantitative estimate of drug-likeness (QED) is 0.481. The Hall–Kier alpha value is -3.38. The molecule has 0 atom stereocenters. The number of aryl methyl sites for hydroxylation is 1. The molecule has 0 fully saturated rings. The number of aromatic nitrogens is 1. The van der Waals surface area contributed by atoms with Gasteiger partial charge in [0.25, 0.3) is 10.0 Å². The van der Waals surface area contributed by atoms with Crippen LogP contribution in [0.25, 0.3) is 10.8 Å². The van der Waals surface area contributed by atoms with E-state index in [1.807, 2.05) is 31.2 Å². The van der Waals surface area contributed by atoms with Crippen LogP contribution in [-0.2, 0) is 16.4 Å². The van der Waals surface area contributed by atoms with E-state index in [1.54, 1.807) is 36.4 Å². The Morgan fingerprint density at radius 3 is 2.50 bits per heavy atom. The Morgan fingerprint density at radius 2 is 1.70 bits per heavy atom. The minimum atomic E-state index is -3.73.